The maximum absolute atomic E-state index is 10.8. The molecule has 1 rings (SSSR count). The minimum atomic E-state index is -0.589. The van der Waals surface area contributed by atoms with E-state index in [0.29, 0.717) is 5.92 Å². The molecule has 2 atom stereocenters. The minimum absolute atomic E-state index is 0.0637. The van der Waals surface area contributed by atoms with Gasteiger partial charge < -0.3 is 5.11 Å². The molecule has 0 aromatic rings. The molecule has 1 saturated heterocycles. The van der Waals surface area contributed by atoms with Gasteiger partial charge in [-0.25, -0.2) is 0 Å². The molecule has 0 bridgehead atoms. The molecule has 1 aliphatic rings. The number of hydrogen-bond donors (Lipinski definition) is 1. The molecule has 0 aliphatic carbocycles. The molecule has 2 nitrogen and oxygen atoms in total. The van der Waals surface area contributed by atoms with Crippen molar-refractivity contribution in [3.63, 3.8) is 0 Å². The van der Waals surface area contributed by atoms with Gasteiger partial charge in [0.15, 0.2) is 0 Å². The monoisotopic (exact) mass is 188 g/mol. The van der Waals surface area contributed by atoms with Crippen molar-refractivity contribution in [3.8, 4) is 0 Å². The third-order valence-corrected chi connectivity index (χ3v) is 3.64. The number of hydrogen-bond acceptors (Lipinski definition) is 2. The van der Waals surface area contributed by atoms with Crippen LogP contribution in [0.25, 0.3) is 0 Å². The van der Waals surface area contributed by atoms with Gasteiger partial charge in [-0.15, -0.1) is 0 Å². The van der Waals surface area contributed by atoms with E-state index >= 15 is 0 Å². The number of thioether (sulfide) groups is 1. The zero-order valence-corrected chi connectivity index (χ0v) is 8.27. The summed E-state index contributed by atoms with van der Waals surface area (Å²) in [6.07, 6.45) is 3.05. The van der Waals surface area contributed by atoms with Crippen molar-refractivity contribution in [1.29, 1.82) is 0 Å². The van der Waals surface area contributed by atoms with E-state index in [-0.39, 0.29) is 5.92 Å². The molecule has 0 spiro atoms. The van der Waals surface area contributed by atoms with Crippen LogP contribution >= 0.6 is 11.8 Å². The number of carboxylic acids is 1. The van der Waals surface area contributed by atoms with Gasteiger partial charge in [-0.2, -0.15) is 11.8 Å². The smallest absolute Gasteiger partial charge is 0.306 e. The van der Waals surface area contributed by atoms with E-state index in [0.717, 1.165) is 30.8 Å². The van der Waals surface area contributed by atoms with Crippen molar-refractivity contribution in [2.24, 2.45) is 11.8 Å². The molecule has 0 aromatic carbocycles. The van der Waals surface area contributed by atoms with Gasteiger partial charge in [-0.1, -0.05) is 13.3 Å². The van der Waals surface area contributed by atoms with Crippen LogP contribution < -0.4 is 0 Å². The number of aliphatic carboxylic acids is 1. The first-order chi connectivity index (χ1) is 5.75. The molecule has 1 aliphatic heterocycles. The Labute approximate surface area is 77.7 Å². The average Bonchev–Trinajstić information content (AvgIpc) is 2.05. The summed E-state index contributed by atoms with van der Waals surface area (Å²) >= 11 is 1.90. The van der Waals surface area contributed by atoms with Gasteiger partial charge in [0, 0.05) is 0 Å². The van der Waals surface area contributed by atoms with Gasteiger partial charge in [0.25, 0.3) is 0 Å². The summed E-state index contributed by atoms with van der Waals surface area (Å²) < 4.78 is 0. The summed E-state index contributed by atoms with van der Waals surface area (Å²) in [7, 11) is 0. The highest BCUT2D eigenvalue weighted by atomic mass is 32.2. The summed E-state index contributed by atoms with van der Waals surface area (Å²) in [6.45, 7) is 2.12. The van der Waals surface area contributed by atoms with Crippen LogP contribution in [0.15, 0.2) is 0 Å². The Morgan fingerprint density at radius 1 is 1.67 bits per heavy atom. The fraction of sp³-hybridized carbons (Fsp3) is 0.889. The predicted molar refractivity (Wildman–Crippen MR) is 51.5 cm³/mol. The largest absolute Gasteiger partial charge is 0.481 e. The van der Waals surface area contributed by atoms with Crippen LogP contribution in [-0.2, 0) is 4.79 Å². The standard InChI is InChI=1S/C9H16O2S/c1-2-3-7-6-12-5-4-8(7)9(10)11/h7-8H,2-6H2,1H3,(H,10,11). The maximum Gasteiger partial charge on any atom is 0.306 e. The first-order valence-corrected chi connectivity index (χ1v) is 5.71. The van der Waals surface area contributed by atoms with Crippen molar-refractivity contribution in [1.82, 2.24) is 0 Å². The van der Waals surface area contributed by atoms with Crippen molar-refractivity contribution in [3.05, 3.63) is 0 Å². The molecule has 0 aromatic heterocycles. The second kappa shape index (κ2) is 4.75. The van der Waals surface area contributed by atoms with Crippen LogP contribution in [0.5, 0.6) is 0 Å². The fourth-order valence-electron chi connectivity index (χ4n) is 1.78. The van der Waals surface area contributed by atoms with E-state index in [2.05, 4.69) is 6.92 Å². The quantitative estimate of drug-likeness (QED) is 0.738. The average molecular weight is 188 g/mol. The molecule has 12 heavy (non-hydrogen) atoms. The van der Waals surface area contributed by atoms with Gasteiger partial charge in [-0.05, 0) is 30.3 Å². The SMILES string of the molecule is CCCC1CSCCC1C(=O)O. The highest BCUT2D eigenvalue weighted by molar-refractivity contribution is 7.99. The van der Waals surface area contributed by atoms with Crippen LogP contribution in [0.3, 0.4) is 0 Å². The fourth-order valence-corrected chi connectivity index (χ4v) is 3.07. The van der Waals surface area contributed by atoms with Crippen LogP contribution in [0, 0.1) is 11.8 Å². The molecule has 3 heteroatoms. The topological polar surface area (TPSA) is 37.3 Å². The summed E-state index contributed by atoms with van der Waals surface area (Å²) in [4.78, 5) is 10.8. The lowest BCUT2D eigenvalue weighted by molar-refractivity contribution is -0.143. The van der Waals surface area contributed by atoms with Crippen LogP contribution in [0.1, 0.15) is 26.2 Å². The van der Waals surface area contributed by atoms with Gasteiger partial charge in [0.05, 0.1) is 5.92 Å². The van der Waals surface area contributed by atoms with Crippen molar-refractivity contribution < 1.29 is 9.90 Å². The molecule has 70 valence electrons. The second-order valence-electron chi connectivity index (χ2n) is 3.36. The van der Waals surface area contributed by atoms with E-state index in [1.807, 2.05) is 11.8 Å². The lowest BCUT2D eigenvalue weighted by atomic mass is 9.88. The molecule has 0 radical (unpaired) electrons. The van der Waals surface area contributed by atoms with Crippen molar-refractivity contribution in [2.75, 3.05) is 11.5 Å². The Hall–Kier alpha value is -0.180. The molecule has 1 fully saturated rings. The summed E-state index contributed by atoms with van der Waals surface area (Å²) in [5.41, 5.74) is 0. The first-order valence-electron chi connectivity index (χ1n) is 4.56. The third kappa shape index (κ3) is 2.41. The van der Waals surface area contributed by atoms with Gasteiger partial charge in [0.1, 0.15) is 0 Å². The molecule has 1 N–H and O–H groups in total. The van der Waals surface area contributed by atoms with Crippen LogP contribution in [-0.4, -0.2) is 22.6 Å². The van der Waals surface area contributed by atoms with E-state index in [1.165, 1.54) is 0 Å². The Morgan fingerprint density at radius 2 is 2.42 bits per heavy atom. The van der Waals surface area contributed by atoms with Crippen molar-refractivity contribution in [2.45, 2.75) is 26.2 Å². The number of rotatable bonds is 3. The first kappa shape index (κ1) is 9.90. The molecule has 1 heterocycles. The lowest BCUT2D eigenvalue weighted by Gasteiger charge is -2.27. The Morgan fingerprint density at radius 3 is 3.00 bits per heavy atom. The lowest BCUT2D eigenvalue weighted by Crippen LogP contribution is -2.29. The van der Waals surface area contributed by atoms with E-state index in [9.17, 15) is 4.79 Å². The molecule has 2 unspecified atom stereocenters. The normalized spacial score (nSPS) is 30.1. The molecular weight excluding hydrogens is 172 g/mol. The summed E-state index contributed by atoms with van der Waals surface area (Å²) in [5.74, 6) is 1.84. The second-order valence-corrected chi connectivity index (χ2v) is 4.51. The zero-order chi connectivity index (χ0) is 8.97. The Balaban J connectivity index is 2.48. The van der Waals surface area contributed by atoms with E-state index in [1.54, 1.807) is 0 Å². The summed E-state index contributed by atoms with van der Waals surface area (Å²) in [6, 6.07) is 0. The van der Waals surface area contributed by atoms with Crippen LogP contribution in [0.2, 0.25) is 0 Å². The van der Waals surface area contributed by atoms with Gasteiger partial charge in [0.2, 0.25) is 0 Å². The summed E-state index contributed by atoms with van der Waals surface area (Å²) in [5, 5.41) is 8.93. The van der Waals surface area contributed by atoms with Gasteiger partial charge >= 0.3 is 5.97 Å². The van der Waals surface area contributed by atoms with E-state index < -0.39 is 5.97 Å². The van der Waals surface area contributed by atoms with E-state index in [4.69, 9.17) is 5.11 Å². The molecule has 0 amide bonds. The zero-order valence-electron chi connectivity index (χ0n) is 7.45. The maximum atomic E-state index is 10.8. The highest BCUT2D eigenvalue weighted by Crippen LogP contribution is 2.31. The molecule has 0 saturated carbocycles. The van der Waals surface area contributed by atoms with Crippen molar-refractivity contribution >= 4 is 17.7 Å². The third-order valence-electron chi connectivity index (χ3n) is 2.45. The minimum Gasteiger partial charge on any atom is -0.481 e. The van der Waals surface area contributed by atoms with Crippen LogP contribution in [0.4, 0.5) is 0 Å². The molecular formula is C9H16O2S. The number of carbonyl (C=O) groups is 1. The highest BCUT2D eigenvalue weighted by Gasteiger charge is 2.29. The predicted octanol–water partition coefficient (Wildman–Crippen LogP) is 2.24. The number of carboxylic acid groups (broad SMARTS) is 1. The van der Waals surface area contributed by atoms with Gasteiger partial charge in [-0.3, -0.25) is 4.79 Å². The Kier molecular flexibility index (Phi) is 3.92. The Bertz CT molecular complexity index is 157.